The van der Waals surface area contributed by atoms with Crippen molar-refractivity contribution in [2.45, 2.75) is 25.9 Å². The molecule has 1 aliphatic rings. The maximum Gasteiger partial charge on any atom is 0.163 e. The molecule has 0 saturated carbocycles. The van der Waals surface area contributed by atoms with Gasteiger partial charge in [0.05, 0.1) is 5.02 Å². The molecule has 0 amide bonds. The van der Waals surface area contributed by atoms with Crippen molar-refractivity contribution >= 4 is 17.4 Å². The van der Waals surface area contributed by atoms with Gasteiger partial charge in [0.2, 0.25) is 0 Å². The molecular weight excluding hydrogens is 291 g/mol. The van der Waals surface area contributed by atoms with Crippen LogP contribution in [0.4, 0.5) is 4.39 Å². The Bertz CT molecular complexity index is 677. The minimum atomic E-state index is -0.379. The molecule has 0 atom stereocenters. The van der Waals surface area contributed by atoms with Gasteiger partial charge in [-0.1, -0.05) is 17.7 Å². The number of Topliss-reactive ketones (excluding diaryl/α,β-unsaturated/α-hetero) is 1. The number of ether oxygens (including phenoxy) is 1. The molecule has 1 aliphatic carbocycles. The molecule has 2 aromatic carbocycles. The zero-order valence-corrected chi connectivity index (χ0v) is 12.1. The average molecular weight is 305 g/mol. The number of aryl methyl sites for hydroxylation is 1. The third-order valence-corrected chi connectivity index (χ3v) is 4.03. The van der Waals surface area contributed by atoms with Gasteiger partial charge in [-0.25, -0.2) is 4.39 Å². The number of hydrogen-bond acceptors (Lipinski definition) is 2. The highest BCUT2D eigenvalue weighted by Crippen LogP contribution is 2.27. The van der Waals surface area contributed by atoms with Gasteiger partial charge in [-0.2, -0.15) is 0 Å². The number of ketones is 1. The summed E-state index contributed by atoms with van der Waals surface area (Å²) >= 11 is 5.97. The third-order valence-electron chi connectivity index (χ3n) is 3.67. The molecule has 0 heterocycles. The van der Waals surface area contributed by atoms with Crippen LogP contribution in [0.15, 0.2) is 36.4 Å². The number of benzene rings is 2. The van der Waals surface area contributed by atoms with E-state index in [1.165, 1.54) is 6.07 Å². The molecule has 0 N–H and O–H groups in total. The predicted octanol–water partition coefficient (Wildman–Crippen LogP) is 4.58. The summed E-state index contributed by atoms with van der Waals surface area (Å²) in [4.78, 5) is 11.8. The minimum absolute atomic E-state index is 0.0677. The zero-order chi connectivity index (χ0) is 14.8. The van der Waals surface area contributed by atoms with Crippen molar-refractivity contribution in [3.8, 4) is 5.75 Å². The van der Waals surface area contributed by atoms with E-state index in [0.29, 0.717) is 22.8 Å². The van der Waals surface area contributed by atoms with Crippen molar-refractivity contribution in [2.75, 3.05) is 0 Å². The molecule has 2 nitrogen and oxygen atoms in total. The molecule has 108 valence electrons. The summed E-state index contributed by atoms with van der Waals surface area (Å²) < 4.78 is 19.3. The Hall–Kier alpha value is -1.87. The Balaban J connectivity index is 1.78. The maximum atomic E-state index is 13.7. The topological polar surface area (TPSA) is 26.3 Å². The molecule has 0 saturated heterocycles. The predicted molar refractivity (Wildman–Crippen MR) is 79.5 cm³/mol. The summed E-state index contributed by atoms with van der Waals surface area (Å²) in [5, 5.41) is 0.350. The first-order valence-electron chi connectivity index (χ1n) is 6.87. The van der Waals surface area contributed by atoms with Gasteiger partial charge >= 0.3 is 0 Å². The molecule has 0 aromatic heterocycles. The largest absolute Gasteiger partial charge is 0.489 e. The third kappa shape index (κ3) is 2.93. The lowest BCUT2D eigenvalue weighted by Crippen LogP contribution is -2.10. The van der Waals surface area contributed by atoms with Crippen molar-refractivity contribution < 1.29 is 13.9 Å². The maximum absolute atomic E-state index is 13.7. The molecule has 0 unspecified atom stereocenters. The van der Waals surface area contributed by atoms with Crippen LogP contribution in [-0.2, 0) is 13.0 Å². The van der Waals surface area contributed by atoms with Crippen LogP contribution in [0.3, 0.4) is 0 Å². The summed E-state index contributed by atoms with van der Waals surface area (Å²) in [6, 6.07) is 9.95. The van der Waals surface area contributed by atoms with Gasteiger partial charge in [-0.15, -0.1) is 0 Å². The van der Waals surface area contributed by atoms with E-state index in [0.717, 1.165) is 24.0 Å². The highest BCUT2D eigenvalue weighted by Gasteiger charge is 2.17. The van der Waals surface area contributed by atoms with E-state index < -0.39 is 0 Å². The van der Waals surface area contributed by atoms with Gasteiger partial charge in [0, 0.05) is 17.5 Å². The fraction of sp³-hybridized carbons (Fsp3) is 0.235. The van der Waals surface area contributed by atoms with Crippen LogP contribution < -0.4 is 4.74 Å². The molecule has 21 heavy (non-hydrogen) atoms. The smallest absolute Gasteiger partial charge is 0.163 e. The zero-order valence-electron chi connectivity index (χ0n) is 11.4. The molecule has 0 aliphatic heterocycles. The van der Waals surface area contributed by atoms with Gasteiger partial charge in [-0.05, 0) is 48.7 Å². The van der Waals surface area contributed by atoms with E-state index in [4.69, 9.17) is 16.3 Å². The molecule has 0 spiro atoms. The Morgan fingerprint density at radius 2 is 2.05 bits per heavy atom. The van der Waals surface area contributed by atoms with Crippen LogP contribution in [0.5, 0.6) is 5.75 Å². The first kappa shape index (κ1) is 14.1. The molecule has 0 fully saturated rings. The second kappa shape index (κ2) is 5.86. The van der Waals surface area contributed by atoms with Crippen LogP contribution in [0.25, 0.3) is 0 Å². The standard InChI is InChI=1S/C17H14ClFO2/c18-15-4-2-5-16(19)14(15)10-21-12-7-8-13-11(9-12)3-1-6-17(13)20/h2,4-5,7-9H,1,3,6,10H2. The van der Waals surface area contributed by atoms with E-state index in [2.05, 4.69) is 0 Å². The molecule has 4 heteroatoms. The lowest BCUT2D eigenvalue weighted by molar-refractivity contribution is 0.0972. The van der Waals surface area contributed by atoms with Gasteiger partial charge < -0.3 is 4.74 Å². The molecule has 0 bridgehead atoms. The van der Waals surface area contributed by atoms with Crippen LogP contribution in [0, 0.1) is 5.82 Å². The number of fused-ring (bicyclic) bond motifs is 1. The Kier molecular flexibility index (Phi) is 3.93. The number of rotatable bonds is 3. The molecule has 2 aromatic rings. The number of hydrogen-bond donors (Lipinski definition) is 0. The number of carbonyl (C=O) groups is 1. The van der Waals surface area contributed by atoms with Crippen LogP contribution in [-0.4, -0.2) is 5.78 Å². The van der Waals surface area contributed by atoms with Gasteiger partial charge in [-0.3, -0.25) is 4.79 Å². The fourth-order valence-electron chi connectivity index (χ4n) is 2.54. The Labute approximate surface area is 127 Å². The van der Waals surface area contributed by atoms with Crippen LogP contribution in [0.2, 0.25) is 5.02 Å². The van der Waals surface area contributed by atoms with Gasteiger partial charge in [0.25, 0.3) is 0 Å². The van der Waals surface area contributed by atoms with Crippen molar-refractivity contribution in [2.24, 2.45) is 0 Å². The Morgan fingerprint density at radius 1 is 1.19 bits per heavy atom. The minimum Gasteiger partial charge on any atom is -0.489 e. The quantitative estimate of drug-likeness (QED) is 0.830. The van der Waals surface area contributed by atoms with Gasteiger partial charge in [0.15, 0.2) is 5.78 Å². The lowest BCUT2D eigenvalue weighted by atomic mass is 9.90. The monoisotopic (exact) mass is 304 g/mol. The summed E-state index contributed by atoms with van der Waals surface area (Å²) in [6.45, 7) is 0.0677. The number of halogens is 2. The number of carbonyl (C=O) groups excluding carboxylic acids is 1. The lowest BCUT2D eigenvalue weighted by Gasteiger charge is -2.16. The van der Waals surface area contributed by atoms with Crippen LogP contribution in [0.1, 0.15) is 34.3 Å². The van der Waals surface area contributed by atoms with E-state index in [-0.39, 0.29) is 18.2 Å². The summed E-state index contributed by atoms with van der Waals surface area (Å²) in [5.74, 6) is 0.429. The van der Waals surface area contributed by atoms with Crippen molar-refractivity contribution in [1.82, 2.24) is 0 Å². The first-order chi connectivity index (χ1) is 10.1. The average Bonchev–Trinajstić information content (AvgIpc) is 2.47. The highest BCUT2D eigenvalue weighted by molar-refractivity contribution is 6.31. The van der Waals surface area contributed by atoms with Crippen molar-refractivity contribution in [3.63, 3.8) is 0 Å². The second-order valence-electron chi connectivity index (χ2n) is 5.08. The van der Waals surface area contributed by atoms with E-state index in [9.17, 15) is 9.18 Å². The second-order valence-corrected chi connectivity index (χ2v) is 5.49. The van der Waals surface area contributed by atoms with E-state index in [1.54, 1.807) is 24.3 Å². The van der Waals surface area contributed by atoms with E-state index >= 15 is 0 Å². The summed E-state index contributed by atoms with van der Waals surface area (Å²) in [7, 11) is 0. The first-order valence-corrected chi connectivity index (χ1v) is 7.25. The summed E-state index contributed by atoms with van der Waals surface area (Å²) in [5.41, 5.74) is 2.12. The molecule has 0 radical (unpaired) electrons. The summed E-state index contributed by atoms with van der Waals surface area (Å²) in [6.07, 6.45) is 2.35. The fourth-order valence-corrected chi connectivity index (χ4v) is 2.76. The van der Waals surface area contributed by atoms with Crippen LogP contribution >= 0.6 is 11.6 Å². The molecule has 3 rings (SSSR count). The molecular formula is C17H14ClFO2. The van der Waals surface area contributed by atoms with Crippen molar-refractivity contribution in [3.05, 3.63) is 63.9 Å². The Morgan fingerprint density at radius 3 is 2.86 bits per heavy atom. The van der Waals surface area contributed by atoms with E-state index in [1.807, 2.05) is 6.07 Å². The van der Waals surface area contributed by atoms with Gasteiger partial charge in [0.1, 0.15) is 18.2 Å². The SMILES string of the molecule is O=C1CCCc2cc(OCc3c(F)cccc3Cl)ccc21. The highest BCUT2D eigenvalue weighted by atomic mass is 35.5. The normalized spacial score (nSPS) is 13.9. The van der Waals surface area contributed by atoms with Crippen molar-refractivity contribution in [1.29, 1.82) is 0 Å².